The Bertz CT molecular complexity index is 1000. The highest BCUT2D eigenvalue weighted by Gasteiger charge is 2.28. The predicted molar refractivity (Wildman–Crippen MR) is 140 cm³/mol. The first kappa shape index (κ1) is 25.0. The molecule has 2 fully saturated rings. The summed E-state index contributed by atoms with van der Waals surface area (Å²) >= 11 is 9.69. The second-order valence-corrected chi connectivity index (χ2v) is 10.0. The van der Waals surface area contributed by atoms with Crippen molar-refractivity contribution in [2.24, 2.45) is 11.8 Å². The molecule has 4 rings (SSSR count). The number of hydrogen-bond donors (Lipinski definition) is 2. The summed E-state index contributed by atoms with van der Waals surface area (Å²) in [6, 6.07) is 5.40. The molecule has 2 aromatic rings. The summed E-state index contributed by atoms with van der Waals surface area (Å²) in [7, 11) is 3.33. The van der Waals surface area contributed by atoms with E-state index in [9.17, 15) is 4.79 Å². The fraction of sp³-hybridized carbons (Fsp3) is 0.542. The van der Waals surface area contributed by atoms with Gasteiger partial charge in [-0.3, -0.25) is 9.69 Å². The number of amides is 1. The average molecular weight is 552 g/mol. The fourth-order valence-electron chi connectivity index (χ4n) is 4.82. The van der Waals surface area contributed by atoms with Crippen LogP contribution in [0.4, 0.5) is 17.5 Å². The van der Waals surface area contributed by atoms with Crippen molar-refractivity contribution in [3.8, 4) is 5.75 Å². The minimum absolute atomic E-state index is 0.0323. The molecule has 2 heterocycles. The van der Waals surface area contributed by atoms with Gasteiger partial charge < -0.3 is 20.3 Å². The smallest absolute Gasteiger partial charge is 0.254 e. The third-order valence-electron chi connectivity index (χ3n) is 6.72. The van der Waals surface area contributed by atoms with E-state index < -0.39 is 0 Å². The molecule has 0 radical (unpaired) electrons. The molecule has 1 amide bonds. The Morgan fingerprint density at radius 1 is 1.24 bits per heavy atom. The van der Waals surface area contributed by atoms with Crippen molar-refractivity contribution < 1.29 is 9.53 Å². The molecule has 34 heavy (non-hydrogen) atoms. The highest BCUT2D eigenvalue weighted by atomic mass is 79.9. The Balaban J connectivity index is 1.35. The number of alkyl halides is 1. The lowest BCUT2D eigenvalue weighted by Crippen LogP contribution is -2.49. The summed E-state index contributed by atoms with van der Waals surface area (Å²) in [6.07, 6.45) is 5.51. The molecule has 0 spiro atoms. The third-order valence-corrected chi connectivity index (χ3v) is 7.91. The first-order valence-electron chi connectivity index (χ1n) is 11.7. The van der Waals surface area contributed by atoms with Crippen LogP contribution in [0.15, 0.2) is 24.4 Å². The molecule has 2 aliphatic rings. The standard InChI is InChI=1S/C24H32BrClN6O2/c1-27-22-19(26)14-28-24(30-22)29-20-6-5-18(12-21(20)34-2)23(33)32-9-7-31(8-10-32)15-17-4-3-16(11-17)13-25/h5-6,12,14,16-17H,3-4,7-11,13,15H2,1-2H3,(H2,27,28,29,30)/t16?,17-/m0/s1. The summed E-state index contributed by atoms with van der Waals surface area (Å²) in [5.41, 5.74) is 1.28. The van der Waals surface area contributed by atoms with Crippen LogP contribution in [-0.4, -0.2) is 77.9 Å². The van der Waals surface area contributed by atoms with Gasteiger partial charge in [-0.15, -0.1) is 0 Å². The van der Waals surface area contributed by atoms with Crippen LogP contribution in [0.1, 0.15) is 29.6 Å². The number of carbonyl (C=O) groups excluding carboxylic acids is 1. The van der Waals surface area contributed by atoms with Crippen LogP contribution < -0.4 is 15.4 Å². The van der Waals surface area contributed by atoms with Crippen LogP contribution >= 0.6 is 27.5 Å². The second kappa shape index (κ2) is 11.6. The molecular formula is C24H32BrClN6O2. The molecule has 1 aromatic heterocycles. The minimum atomic E-state index is 0.0323. The van der Waals surface area contributed by atoms with Gasteiger partial charge in [0.05, 0.1) is 19.0 Å². The zero-order chi connectivity index (χ0) is 24.1. The van der Waals surface area contributed by atoms with Gasteiger partial charge in [0.25, 0.3) is 5.91 Å². The monoisotopic (exact) mass is 550 g/mol. The highest BCUT2D eigenvalue weighted by molar-refractivity contribution is 9.09. The first-order chi connectivity index (χ1) is 16.5. The number of anilines is 3. The van der Waals surface area contributed by atoms with Gasteiger partial charge in [0, 0.05) is 50.7 Å². The summed E-state index contributed by atoms with van der Waals surface area (Å²) in [5, 5.41) is 7.62. The number of nitrogens with one attached hydrogen (secondary N) is 2. The van der Waals surface area contributed by atoms with Crippen molar-refractivity contribution in [1.82, 2.24) is 19.8 Å². The number of hydrogen-bond acceptors (Lipinski definition) is 7. The number of piperazine rings is 1. The van der Waals surface area contributed by atoms with Gasteiger partial charge in [0.1, 0.15) is 16.6 Å². The van der Waals surface area contributed by atoms with Crippen molar-refractivity contribution in [2.45, 2.75) is 19.3 Å². The number of benzene rings is 1. The molecule has 1 aromatic carbocycles. The van der Waals surface area contributed by atoms with Crippen molar-refractivity contribution in [3.63, 3.8) is 0 Å². The largest absolute Gasteiger partial charge is 0.495 e. The van der Waals surface area contributed by atoms with Crippen LogP contribution in [0, 0.1) is 11.8 Å². The molecule has 1 saturated carbocycles. The van der Waals surface area contributed by atoms with Crippen molar-refractivity contribution in [3.05, 3.63) is 35.0 Å². The highest BCUT2D eigenvalue weighted by Crippen LogP contribution is 2.33. The topological polar surface area (TPSA) is 82.6 Å². The van der Waals surface area contributed by atoms with Crippen LogP contribution in [-0.2, 0) is 0 Å². The van der Waals surface area contributed by atoms with Gasteiger partial charge in [-0.25, -0.2) is 4.98 Å². The second-order valence-electron chi connectivity index (χ2n) is 8.97. The normalized spacial score (nSPS) is 20.9. The Morgan fingerprint density at radius 2 is 2.00 bits per heavy atom. The Kier molecular flexibility index (Phi) is 8.50. The van der Waals surface area contributed by atoms with Crippen LogP contribution in [0.3, 0.4) is 0 Å². The SMILES string of the molecule is CNc1nc(Nc2ccc(C(=O)N3CCN(C[C@H]4CCC(CBr)C4)CC3)cc2OC)ncc1Cl. The van der Waals surface area contributed by atoms with Crippen molar-refractivity contribution in [2.75, 3.05) is 62.8 Å². The van der Waals surface area contributed by atoms with E-state index >= 15 is 0 Å². The van der Waals surface area contributed by atoms with E-state index in [0.717, 1.165) is 49.9 Å². The number of carbonyl (C=O) groups is 1. The molecule has 1 aliphatic heterocycles. The summed E-state index contributed by atoms with van der Waals surface area (Å²) in [4.78, 5) is 26.2. The molecule has 1 saturated heterocycles. The maximum Gasteiger partial charge on any atom is 0.254 e. The molecule has 0 bridgehead atoms. The van der Waals surface area contributed by atoms with E-state index in [4.69, 9.17) is 16.3 Å². The number of aromatic nitrogens is 2. The van der Waals surface area contributed by atoms with Crippen molar-refractivity contribution in [1.29, 1.82) is 0 Å². The number of nitrogens with zero attached hydrogens (tertiary/aromatic N) is 4. The lowest BCUT2D eigenvalue weighted by atomic mass is 10.1. The summed E-state index contributed by atoms with van der Waals surface area (Å²) < 4.78 is 5.54. The van der Waals surface area contributed by atoms with Crippen LogP contribution in [0.5, 0.6) is 5.75 Å². The van der Waals surface area contributed by atoms with Gasteiger partial charge in [0.15, 0.2) is 0 Å². The summed E-state index contributed by atoms with van der Waals surface area (Å²) in [5.74, 6) is 3.12. The van der Waals surface area contributed by atoms with E-state index in [1.165, 1.54) is 25.5 Å². The van der Waals surface area contributed by atoms with Crippen molar-refractivity contribution >= 4 is 50.9 Å². The zero-order valence-corrected chi connectivity index (χ0v) is 22.0. The number of ether oxygens (including phenoxy) is 1. The van der Waals surface area contributed by atoms with E-state index in [2.05, 4.69) is 41.4 Å². The van der Waals surface area contributed by atoms with Gasteiger partial charge in [-0.2, -0.15) is 4.98 Å². The van der Waals surface area contributed by atoms with Gasteiger partial charge in [-0.05, 0) is 49.3 Å². The Morgan fingerprint density at radius 3 is 2.68 bits per heavy atom. The molecule has 184 valence electrons. The van der Waals surface area contributed by atoms with E-state index in [0.29, 0.717) is 33.8 Å². The fourth-order valence-corrected chi connectivity index (χ4v) is 5.59. The predicted octanol–water partition coefficient (Wildman–Crippen LogP) is 4.49. The number of rotatable bonds is 8. The van der Waals surface area contributed by atoms with Crippen LogP contribution in [0.25, 0.3) is 0 Å². The van der Waals surface area contributed by atoms with Crippen LogP contribution in [0.2, 0.25) is 5.02 Å². The maximum atomic E-state index is 13.2. The molecule has 1 aliphatic carbocycles. The molecule has 2 N–H and O–H groups in total. The average Bonchev–Trinajstić information content (AvgIpc) is 3.33. The molecular weight excluding hydrogens is 520 g/mol. The Hall–Kier alpha value is -2.10. The Labute approximate surface area is 214 Å². The van der Waals surface area contributed by atoms with E-state index in [-0.39, 0.29) is 5.91 Å². The third kappa shape index (κ3) is 5.93. The van der Waals surface area contributed by atoms with E-state index in [1.807, 2.05) is 17.0 Å². The molecule has 2 atom stereocenters. The van der Waals surface area contributed by atoms with Gasteiger partial charge in [-0.1, -0.05) is 27.5 Å². The van der Waals surface area contributed by atoms with E-state index in [1.54, 1.807) is 20.2 Å². The zero-order valence-electron chi connectivity index (χ0n) is 19.7. The molecule has 1 unspecified atom stereocenters. The molecule has 8 nitrogen and oxygen atoms in total. The first-order valence-corrected chi connectivity index (χ1v) is 13.2. The maximum absolute atomic E-state index is 13.2. The number of methoxy groups -OCH3 is 1. The quantitative estimate of drug-likeness (QED) is 0.468. The number of halogens is 2. The summed E-state index contributed by atoms with van der Waals surface area (Å²) in [6.45, 7) is 4.52. The van der Waals surface area contributed by atoms with Gasteiger partial charge >= 0.3 is 0 Å². The molecule has 10 heteroatoms. The lowest BCUT2D eigenvalue weighted by molar-refractivity contribution is 0.0617. The minimum Gasteiger partial charge on any atom is -0.495 e. The lowest BCUT2D eigenvalue weighted by Gasteiger charge is -2.36. The van der Waals surface area contributed by atoms with Gasteiger partial charge in [0.2, 0.25) is 5.95 Å².